The molecular weight excluding hydrogens is 244 g/mol. The van der Waals surface area contributed by atoms with Gasteiger partial charge in [0.2, 0.25) is 0 Å². The molecule has 3 atom stereocenters. The number of piperazine rings is 1. The second kappa shape index (κ2) is 6.73. The largest absolute Gasteiger partial charge is 0.309 e. The Kier molecular flexibility index (Phi) is 5.22. The van der Waals surface area contributed by atoms with E-state index in [4.69, 9.17) is 0 Å². The average molecular weight is 274 g/mol. The topological polar surface area (TPSA) is 15.3 Å². The van der Waals surface area contributed by atoms with Gasteiger partial charge >= 0.3 is 0 Å². The Balaban J connectivity index is 2.04. The second-order valence-corrected chi connectivity index (χ2v) is 6.60. The van der Waals surface area contributed by atoms with Gasteiger partial charge < -0.3 is 5.32 Å². The van der Waals surface area contributed by atoms with Crippen molar-refractivity contribution in [3.8, 4) is 0 Å². The van der Waals surface area contributed by atoms with E-state index in [0.717, 1.165) is 6.54 Å². The zero-order valence-electron chi connectivity index (χ0n) is 13.5. The highest BCUT2D eigenvalue weighted by Crippen LogP contribution is 2.24. The van der Waals surface area contributed by atoms with E-state index >= 15 is 0 Å². The fourth-order valence-corrected chi connectivity index (χ4v) is 3.22. The Morgan fingerprint density at radius 1 is 1.30 bits per heavy atom. The van der Waals surface area contributed by atoms with Gasteiger partial charge in [0.15, 0.2) is 0 Å². The summed E-state index contributed by atoms with van der Waals surface area (Å²) in [5.74, 6) is 0.601. The van der Waals surface area contributed by atoms with Crippen LogP contribution in [-0.2, 0) is 0 Å². The first-order valence-electron chi connectivity index (χ1n) is 8.12. The Hall–Kier alpha value is -0.860. The molecular formula is C18H30N2. The van der Waals surface area contributed by atoms with Crippen LogP contribution in [0.2, 0.25) is 0 Å². The molecule has 0 saturated carbocycles. The smallest absolute Gasteiger partial charge is 0.0278 e. The van der Waals surface area contributed by atoms with Gasteiger partial charge in [0.25, 0.3) is 0 Å². The Morgan fingerprint density at radius 2 is 2.00 bits per heavy atom. The van der Waals surface area contributed by atoms with Crippen LogP contribution >= 0.6 is 0 Å². The molecule has 0 amide bonds. The molecule has 112 valence electrons. The first-order valence-corrected chi connectivity index (χ1v) is 8.12. The molecule has 2 heteroatoms. The molecule has 3 unspecified atom stereocenters. The molecule has 1 aliphatic rings. The van der Waals surface area contributed by atoms with Gasteiger partial charge in [-0.3, -0.25) is 4.90 Å². The quantitative estimate of drug-likeness (QED) is 0.882. The monoisotopic (exact) mass is 274 g/mol. The maximum atomic E-state index is 3.75. The lowest BCUT2D eigenvalue weighted by Gasteiger charge is -2.46. The molecule has 2 rings (SSSR count). The molecule has 0 aliphatic carbocycles. The maximum Gasteiger partial charge on any atom is 0.0278 e. The number of nitrogens with zero attached hydrogens (tertiary/aromatic N) is 1. The average Bonchev–Trinajstić information content (AvgIpc) is 2.48. The molecule has 1 aliphatic heterocycles. The van der Waals surface area contributed by atoms with Crippen molar-refractivity contribution in [2.45, 2.75) is 58.0 Å². The van der Waals surface area contributed by atoms with E-state index < -0.39 is 0 Å². The summed E-state index contributed by atoms with van der Waals surface area (Å²) < 4.78 is 0. The van der Waals surface area contributed by atoms with Gasteiger partial charge in [-0.1, -0.05) is 51.1 Å². The van der Waals surface area contributed by atoms with Crippen molar-refractivity contribution < 1.29 is 0 Å². The molecule has 0 radical (unpaired) electrons. The van der Waals surface area contributed by atoms with Crippen LogP contribution in [0.4, 0.5) is 0 Å². The van der Waals surface area contributed by atoms with E-state index in [9.17, 15) is 0 Å². The van der Waals surface area contributed by atoms with E-state index in [1.165, 1.54) is 31.5 Å². The van der Waals surface area contributed by atoms with Crippen molar-refractivity contribution in [1.29, 1.82) is 0 Å². The molecule has 20 heavy (non-hydrogen) atoms. The highest BCUT2D eigenvalue weighted by Gasteiger charge is 2.34. The third kappa shape index (κ3) is 3.62. The molecule has 1 aromatic carbocycles. The standard InChI is InChI=1S/C18H30N2/c1-5-17-12-19-18(4,6-2)14-20(17)13-15(3)16-10-8-7-9-11-16/h7-11,15,17,19H,5-6,12-14H2,1-4H3. The van der Waals surface area contributed by atoms with Crippen LogP contribution in [0.15, 0.2) is 30.3 Å². The van der Waals surface area contributed by atoms with Crippen molar-refractivity contribution in [1.82, 2.24) is 10.2 Å². The van der Waals surface area contributed by atoms with Crippen LogP contribution in [0.3, 0.4) is 0 Å². The van der Waals surface area contributed by atoms with E-state index in [0.29, 0.717) is 12.0 Å². The van der Waals surface area contributed by atoms with E-state index in [2.05, 4.69) is 68.2 Å². The first-order chi connectivity index (χ1) is 9.58. The van der Waals surface area contributed by atoms with Crippen LogP contribution < -0.4 is 5.32 Å². The van der Waals surface area contributed by atoms with Crippen LogP contribution in [0, 0.1) is 0 Å². The van der Waals surface area contributed by atoms with Crippen molar-refractivity contribution in [3.63, 3.8) is 0 Å². The Morgan fingerprint density at radius 3 is 2.60 bits per heavy atom. The summed E-state index contributed by atoms with van der Waals surface area (Å²) in [6.07, 6.45) is 2.42. The lowest BCUT2D eigenvalue weighted by molar-refractivity contribution is 0.0776. The van der Waals surface area contributed by atoms with Crippen molar-refractivity contribution >= 4 is 0 Å². The predicted molar refractivity (Wildman–Crippen MR) is 87.2 cm³/mol. The minimum absolute atomic E-state index is 0.280. The molecule has 1 heterocycles. The molecule has 0 spiro atoms. The highest BCUT2D eigenvalue weighted by atomic mass is 15.2. The molecule has 2 nitrogen and oxygen atoms in total. The van der Waals surface area contributed by atoms with Gasteiger partial charge in [-0.15, -0.1) is 0 Å². The van der Waals surface area contributed by atoms with Crippen LogP contribution in [0.1, 0.15) is 52.0 Å². The van der Waals surface area contributed by atoms with Crippen LogP contribution in [0.25, 0.3) is 0 Å². The summed E-state index contributed by atoms with van der Waals surface area (Å²) in [4.78, 5) is 2.71. The van der Waals surface area contributed by atoms with Gasteiger partial charge in [-0.25, -0.2) is 0 Å². The van der Waals surface area contributed by atoms with Crippen molar-refractivity contribution in [2.24, 2.45) is 0 Å². The summed E-state index contributed by atoms with van der Waals surface area (Å²) in [6, 6.07) is 11.6. The minimum Gasteiger partial charge on any atom is -0.309 e. The van der Waals surface area contributed by atoms with Crippen LogP contribution in [-0.4, -0.2) is 36.1 Å². The number of nitrogens with one attached hydrogen (secondary N) is 1. The number of rotatable bonds is 5. The second-order valence-electron chi connectivity index (χ2n) is 6.60. The van der Waals surface area contributed by atoms with Gasteiger partial charge in [0, 0.05) is 31.2 Å². The van der Waals surface area contributed by atoms with Gasteiger partial charge in [0.1, 0.15) is 0 Å². The van der Waals surface area contributed by atoms with Crippen LogP contribution in [0.5, 0.6) is 0 Å². The summed E-state index contributed by atoms with van der Waals surface area (Å²) in [6.45, 7) is 12.8. The van der Waals surface area contributed by atoms with E-state index in [1.807, 2.05) is 0 Å². The van der Waals surface area contributed by atoms with Gasteiger partial charge in [0.05, 0.1) is 0 Å². The lowest BCUT2D eigenvalue weighted by atomic mass is 9.91. The SMILES string of the molecule is CCC1CNC(C)(CC)CN1CC(C)c1ccccc1. The normalized spacial score (nSPS) is 29.3. The van der Waals surface area contributed by atoms with E-state index in [-0.39, 0.29) is 5.54 Å². The molecule has 1 N–H and O–H groups in total. The number of benzene rings is 1. The van der Waals surface area contributed by atoms with Crippen molar-refractivity contribution in [2.75, 3.05) is 19.6 Å². The van der Waals surface area contributed by atoms with Gasteiger partial charge in [-0.2, -0.15) is 0 Å². The summed E-state index contributed by atoms with van der Waals surface area (Å²) in [5.41, 5.74) is 1.74. The fourth-order valence-electron chi connectivity index (χ4n) is 3.22. The lowest BCUT2D eigenvalue weighted by Crippen LogP contribution is -2.62. The zero-order valence-corrected chi connectivity index (χ0v) is 13.5. The molecule has 1 fully saturated rings. The summed E-state index contributed by atoms with van der Waals surface area (Å²) in [5, 5.41) is 3.75. The predicted octanol–water partition coefficient (Wildman–Crippen LogP) is 3.64. The third-order valence-corrected chi connectivity index (χ3v) is 4.96. The summed E-state index contributed by atoms with van der Waals surface area (Å²) in [7, 11) is 0. The fraction of sp³-hybridized carbons (Fsp3) is 0.667. The number of hydrogen-bond acceptors (Lipinski definition) is 2. The third-order valence-electron chi connectivity index (χ3n) is 4.96. The highest BCUT2D eigenvalue weighted by molar-refractivity contribution is 5.19. The number of hydrogen-bond donors (Lipinski definition) is 1. The molecule has 0 bridgehead atoms. The summed E-state index contributed by atoms with van der Waals surface area (Å²) >= 11 is 0. The minimum atomic E-state index is 0.280. The van der Waals surface area contributed by atoms with E-state index in [1.54, 1.807) is 0 Å². The first kappa shape index (κ1) is 15.5. The maximum absolute atomic E-state index is 3.75. The zero-order chi connectivity index (χ0) is 14.6. The Labute approximate surface area is 124 Å². The van der Waals surface area contributed by atoms with Gasteiger partial charge in [-0.05, 0) is 31.2 Å². The molecule has 0 aromatic heterocycles. The molecule has 1 aromatic rings. The molecule has 1 saturated heterocycles. The van der Waals surface area contributed by atoms with Crippen molar-refractivity contribution in [3.05, 3.63) is 35.9 Å². The Bertz CT molecular complexity index is 403.